The van der Waals surface area contributed by atoms with Gasteiger partial charge in [-0.1, -0.05) is 368 Å². The van der Waals surface area contributed by atoms with E-state index < -0.39 is 0 Å². The van der Waals surface area contributed by atoms with Gasteiger partial charge >= 0.3 is 0 Å². The van der Waals surface area contributed by atoms with Crippen LogP contribution in [0.3, 0.4) is 0 Å². The van der Waals surface area contributed by atoms with Crippen LogP contribution >= 0.6 is 47.8 Å². The van der Waals surface area contributed by atoms with Crippen LogP contribution in [0.1, 0.15) is 177 Å². The summed E-state index contributed by atoms with van der Waals surface area (Å²) < 4.78 is 3.39. The van der Waals surface area contributed by atoms with Crippen LogP contribution in [0.15, 0.2) is 462 Å². The Balaban J connectivity index is 0.000000132. The summed E-state index contributed by atoms with van der Waals surface area (Å²) in [5.41, 5.74) is 43.6. The minimum atomic E-state index is -0.169. The summed E-state index contributed by atoms with van der Waals surface area (Å²) in [5.74, 6) is 9.69. The van der Waals surface area contributed by atoms with Gasteiger partial charge < -0.3 is 19.6 Å². The lowest BCUT2D eigenvalue weighted by molar-refractivity contribution is 0.111. The van der Waals surface area contributed by atoms with Gasteiger partial charge in [-0.05, 0) is 342 Å². The molecule has 147 heavy (non-hydrogen) atoms. The first-order chi connectivity index (χ1) is 69.8. The highest BCUT2D eigenvalue weighted by Crippen LogP contribution is 2.57. The van der Waals surface area contributed by atoms with Gasteiger partial charge in [0.2, 0.25) is 0 Å². The number of carbonyl (C=O) groups excluding carboxylic acids is 2. The molecule has 19 aromatic carbocycles. The molecule has 0 unspecified atom stereocenters. The average molecular weight is 2100 g/mol. The van der Waals surface area contributed by atoms with Crippen molar-refractivity contribution in [2.45, 2.75) is 111 Å². The number of para-hydroxylation sites is 8. The molecule has 719 valence electrons. The molecule has 0 N–H and O–H groups in total. The molecule has 0 aromatic heterocycles. The van der Waals surface area contributed by atoms with Gasteiger partial charge in [0.1, 0.15) is 12.6 Å². The van der Waals surface area contributed by atoms with Crippen LogP contribution in [0, 0.1) is 24.2 Å². The summed E-state index contributed by atoms with van der Waals surface area (Å²) >= 11 is 10.7. The highest BCUT2D eigenvalue weighted by molar-refractivity contribution is 9.11. The maximum absolute atomic E-state index is 11.3. The molecule has 0 saturated heterocycles. The number of aldehydes is 2. The van der Waals surface area contributed by atoms with Crippen molar-refractivity contribution in [1.29, 1.82) is 0 Å². The topological polar surface area (TPSA) is 47.1 Å². The second-order valence-electron chi connectivity index (χ2n) is 39.7. The van der Waals surface area contributed by atoms with E-state index in [0.29, 0.717) is 0 Å². The van der Waals surface area contributed by atoms with Gasteiger partial charge in [0.05, 0.1) is 0 Å². The molecule has 0 aliphatic heterocycles. The molecule has 0 spiro atoms. The first-order valence-electron chi connectivity index (χ1n) is 48.8. The zero-order chi connectivity index (χ0) is 99.8. The highest BCUT2D eigenvalue weighted by Gasteiger charge is 2.42. The van der Waals surface area contributed by atoms with E-state index in [9.17, 15) is 9.59 Å². The maximum atomic E-state index is 11.3. The summed E-state index contributed by atoms with van der Waals surface area (Å²) in [5, 5.41) is 0. The van der Waals surface area contributed by atoms with Crippen molar-refractivity contribution in [1.82, 2.24) is 0 Å². The summed E-state index contributed by atoms with van der Waals surface area (Å²) in [4.78, 5) is 31.5. The normalized spacial score (nSPS) is 13.2. The SMILES string of the molecule is C.C.C#Cc1ccc2c(c1)C(C)(C)c1cc(N(c3ccccc3)c3ccccc3)ccc1-2.CC1(C)c2cc(Br)ccc2-c2ccc(Br)cc21.CC1(C)c2cc(Br)ccc2-c2ccc(C=O)cc21.CC1(C)c2cc(C#Cc3ccc(N(c4ccccc4)c4ccccc4)cc3)ccc2-c2ccc(N(c3ccccc3)c3ccccc3)cc21.CC1(C)c2cc(C=O)ccc2-c2ccc(N(c3ccccc3)c3ccccc3)cc21.[B]. The van der Waals surface area contributed by atoms with Crippen molar-refractivity contribution in [2.75, 3.05) is 19.6 Å². The Hall–Kier alpha value is -15.7. The predicted octanol–water partition coefficient (Wildman–Crippen LogP) is 38.0. The second-order valence-corrected chi connectivity index (χ2v) is 42.5. The van der Waals surface area contributed by atoms with Gasteiger partial charge in [0, 0.05) is 145 Å². The van der Waals surface area contributed by atoms with E-state index in [1.165, 1.54) is 111 Å². The number of benzene rings is 19. The van der Waals surface area contributed by atoms with Crippen molar-refractivity contribution in [3.8, 4) is 79.8 Å². The van der Waals surface area contributed by atoms with Crippen LogP contribution in [0.2, 0.25) is 0 Å². The summed E-state index contributed by atoms with van der Waals surface area (Å²) in [6.07, 6.45) is 7.51. The number of nitrogens with zero attached hydrogens (tertiary/aromatic N) is 4. The highest BCUT2D eigenvalue weighted by atomic mass is 79.9. The van der Waals surface area contributed by atoms with Gasteiger partial charge in [-0.2, -0.15) is 0 Å². The lowest BCUT2D eigenvalue weighted by Crippen LogP contribution is -2.16. The van der Waals surface area contributed by atoms with Crippen molar-refractivity contribution in [3.63, 3.8) is 0 Å². The smallest absolute Gasteiger partial charge is 0.150 e. The Morgan fingerprint density at radius 2 is 0.381 bits per heavy atom. The Bertz CT molecular complexity index is 7970. The number of anilines is 12. The van der Waals surface area contributed by atoms with Crippen LogP contribution in [-0.2, 0) is 27.1 Å². The quantitative estimate of drug-likeness (QED) is 0.0614. The van der Waals surface area contributed by atoms with Crippen LogP contribution < -0.4 is 19.6 Å². The Labute approximate surface area is 895 Å². The molecule has 6 nitrogen and oxygen atoms in total. The van der Waals surface area contributed by atoms with E-state index in [4.69, 9.17) is 6.42 Å². The van der Waals surface area contributed by atoms with Gasteiger partial charge in [-0.3, -0.25) is 9.59 Å². The molecule has 0 amide bonds. The van der Waals surface area contributed by atoms with E-state index >= 15 is 0 Å². The monoisotopic (exact) mass is 2100 g/mol. The lowest BCUT2D eigenvalue weighted by Gasteiger charge is -2.28. The largest absolute Gasteiger partial charge is 0.311 e. The van der Waals surface area contributed by atoms with Gasteiger partial charge in [0.15, 0.2) is 0 Å². The van der Waals surface area contributed by atoms with Crippen molar-refractivity contribution < 1.29 is 9.59 Å². The van der Waals surface area contributed by atoms with Crippen LogP contribution in [0.4, 0.5) is 68.2 Å². The van der Waals surface area contributed by atoms with Crippen LogP contribution in [-0.4, -0.2) is 21.0 Å². The first kappa shape index (κ1) is 103. The molecule has 3 radical (unpaired) electrons. The summed E-state index contributed by atoms with van der Waals surface area (Å²) in [6, 6.07) is 158. The van der Waals surface area contributed by atoms with Crippen LogP contribution in [0.25, 0.3) is 55.6 Å². The first-order valence-corrected chi connectivity index (χ1v) is 51.2. The third-order valence-electron chi connectivity index (χ3n) is 29.1. The average Bonchev–Trinajstić information content (AvgIpc) is 1.60. The predicted molar refractivity (Wildman–Crippen MR) is 632 cm³/mol. The summed E-state index contributed by atoms with van der Waals surface area (Å²) in [7, 11) is 0. The standard InChI is InChI=1S/C47H36N2.C29H23N.C28H23NO.C16H13BrO.C15H12Br2.2CH4.B/c1-47(2)45-33-36(24-23-35-25-28-41(29-26-35)48(37-15-7-3-8-16-37)38-17-9-4-10-18-38)27-31-43(45)44-32-30-42(34-46(44)47)49(39-19-11-5-12-20-39)40-21-13-6-14-22-40;1-4-21-15-17-25-26-18-16-24(20-28(26)29(2,3)27(25)19-21)30(22-11-7-5-8-12-22)23-13-9-6-10-14-23;1-28(2)26-17-20(19-30)13-15-24(26)25-16-14-23(18-27(25)28)29(21-9-5-3-6-10-21)22-11-7-4-8-12-22;1-16(2)14-7-10(9-18)3-5-12(14)13-6-4-11(17)8-15(13)16;1-15(2)13-7-9(16)3-5-11(13)12-6-4-10(17)8-14(12)15;;;/h3-22,25-34H,1-2H3;1,5-20H,2-3H3;3-19H,1-2H3;3-9H,1-2H3;3-8H,1-2H3;2*1H4;. The van der Waals surface area contributed by atoms with Gasteiger partial charge in [-0.15, -0.1) is 6.42 Å². The molecule has 19 aromatic rings. The number of halogens is 3. The third-order valence-corrected chi connectivity index (χ3v) is 30.5. The molecule has 0 saturated carbocycles. The van der Waals surface area contributed by atoms with E-state index in [1.54, 1.807) is 0 Å². The molecule has 24 rings (SSSR count). The van der Waals surface area contributed by atoms with Crippen LogP contribution in [0.5, 0.6) is 0 Å². The molecule has 5 aliphatic carbocycles. The summed E-state index contributed by atoms with van der Waals surface area (Å²) in [6.45, 7) is 22.7. The van der Waals surface area contributed by atoms with Gasteiger partial charge in [0.25, 0.3) is 0 Å². The molecule has 0 bridgehead atoms. The van der Waals surface area contributed by atoms with Gasteiger partial charge in [-0.25, -0.2) is 0 Å². The van der Waals surface area contributed by atoms with E-state index in [1.807, 2.05) is 54.6 Å². The fourth-order valence-electron chi connectivity index (χ4n) is 21.6. The minimum absolute atomic E-state index is 0. The van der Waals surface area contributed by atoms with E-state index in [-0.39, 0.29) is 50.3 Å². The Kier molecular flexibility index (Phi) is 30.0. The van der Waals surface area contributed by atoms with E-state index in [0.717, 1.165) is 122 Å². The molecule has 0 fully saturated rings. The zero-order valence-corrected chi connectivity index (χ0v) is 87.5. The number of terminal acetylenes is 1. The molecule has 5 aliphatic rings. The Morgan fingerprint density at radius 3 is 0.633 bits per heavy atom. The fraction of sp³-hybridized carbons (Fsp3) is 0.124. The lowest BCUT2D eigenvalue weighted by atomic mass is 9.82. The number of hydrogen-bond donors (Lipinski definition) is 0. The number of rotatable bonds is 14. The second kappa shape index (κ2) is 42.9. The molecule has 10 heteroatoms. The number of hydrogen-bond acceptors (Lipinski definition) is 6. The molecular formula is C137H115BBr3N4O2. The van der Waals surface area contributed by atoms with Crippen molar-refractivity contribution >= 4 is 137 Å². The zero-order valence-electron chi connectivity index (χ0n) is 82.8. The van der Waals surface area contributed by atoms with Crippen molar-refractivity contribution in [3.05, 3.63) is 546 Å². The van der Waals surface area contributed by atoms with E-state index in [2.05, 4.69) is 549 Å². The molecule has 0 heterocycles. The minimum Gasteiger partial charge on any atom is -0.311 e. The third kappa shape index (κ3) is 20.0. The Morgan fingerprint density at radius 1 is 0.204 bits per heavy atom. The number of fused-ring (bicyclic) bond motifs is 15. The molecular weight excluding hydrogens is 1980 g/mol. The fourth-order valence-corrected chi connectivity index (χ4v) is 22.7. The number of carbonyl (C=O) groups is 2. The maximum Gasteiger partial charge on any atom is 0.150 e. The molecule has 0 atom stereocenters. The van der Waals surface area contributed by atoms with Crippen molar-refractivity contribution in [2.24, 2.45) is 0 Å².